The highest BCUT2D eigenvalue weighted by atomic mass is 16.5. The summed E-state index contributed by atoms with van der Waals surface area (Å²) in [4.78, 5) is 25.8. The summed E-state index contributed by atoms with van der Waals surface area (Å²) in [6, 6.07) is 14.4. The zero-order valence-corrected chi connectivity index (χ0v) is 15.4. The lowest BCUT2D eigenvalue weighted by Gasteiger charge is -2.23. The number of ether oxygens (including phenoxy) is 3. The lowest BCUT2D eigenvalue weighted by molar-refractivity contribution is -0.137. The Hall–Kier alpha value is -3.02. The smallest absolute Gasteiger partial charge is 0.337 e. The van der Waals surface area contributed by atoms with Crippen LogP contribution in [0.5, 0.6) is 11.5 Å². The Morgan fingerprint density at radius 1 is 1.04 bits per heavy atom. The van der Waals surface area contributed by atoms with E-state index in [4.69, 9.17) is 9.47 Å². The fourth-order valence-electron chi connectivity index (χ4n) is 2.50. The van der Waals surface area contributed by atoms with Crippen LogP contribution in [0.25, 0.3) is 0 Å². The Labute approximate surface area is 153 Å². The predicted molar refractivity (Wildman–Crippen MR) is 97.3 cm³/mol. The number of likely N-dealkylation sites (N-methyl/N-ethyl adjacent to an activating group) is 1. The minimum atomic E-state index is -0.707. The number of amides is 1. The quantitative estimate of drug-likeness (QED) is 0.713. The molecule has 0 fully saturated rings. The lowest BCUT2D eigenvalue weighted by Crippen LogP contribution is -2.37. The number of carbonyl (C=O) groups excluding carboxylic acids is 2. The molecule has 0 aliphatic heterocycles. The Kier molecular flexibility index (Phi) is 6.60. The molecule has 0 unspecified atom stereocenters. The molecule has 2 aromatic rings. The first-order chi connectivity index (χ1) is 12.5. The van der Waals surface area contributed by atoms with Crippen molar-refractivity contribution in [2.75, 3.05) is 21.3 Å². The Morgan fingerprint density at radius 3 is 2.35 bits per heavy atom. The monoisotopic (exact) mass is 357 g/mol. The molecule has 2 aromatic carbocycles. The van der Waals surface area contributed by atoms with Crippen molar-refractivity contribution in [1.29, 1.82) is 0 Å². The largest absolute Gasteiger partial charge is 0.493 e. The normalized spacial score (nSPS) is 11.4. The van der Waals surface area contributed by atoms with Gasteiger partial charge in [0.1, 0.15) is 0 Å². The van der Waals surface area contributed by atoms with Gasteiger partial charge in [-0.3, -0.25) is 4.79 Å². The summed E-state index contributed by atoms with van der Waals surface area (Å²) in [5, 5.41) is 0. The number of carbonyl (C=O) groups is 2. The van der Waals surface area contributed by atoms with Crippen LogP contribution in [0.3, 0.4) is 0 Å². The van der Waals surface area contributed by atoms with E-state index in [1.54, 1.807) is 31.0 Å². The third-order valence-electron chi connectivity index (χ3n) is 3.88. The molecule has 0 N–H and O–H groups in total. The van der Waals surface area contributed by atoms with Gasteiger partial charge >= 0.3 is 5.97 Å². The van der Waals surface area contributed by atoms with E-state index in [1.165, 1.54) is 20.3 Å². The minimum Gasteiger partial charge on any atom is -0.493 e. The van der Waals surface area contributed by atoms with Crippen LogP contribution in [0.15, 0.2) is 48.5 Å². The Bertz CT molecular complexity index is 760. The number of rotatable bonds is 7. The molecule has 1 atom stereocenters. The standard InChI is InChI=1S/C20H23NO5/c1-14(19(22)21(2)13-15-8-6-5-7-9-15)26-17-11-10-16(20(23)25-4)12-18(17)24-3/h5-12,14H,13H2,1-4H3/t14-/m0/s1. The third-order valence-corrected chi connectivity index (χ3v) is 3.88. The second-order valence-electron chi connectivity index (χ2n) is 5.80. The highest BCUT2D eigenvalue weighted by molar-refractivity contribution is 5.90. The van der Waals surface area contributed by atoms with Gasteiger partial charge in [0.15, 0.2) is 17.6 Å². The molecule has 2 rings (SSSR count). The van der Waals surface area contributed by atoms with Crippen molar-refractivity contribution in [1.82, 2.24) is 4.90 Å². The molecule has 1 amide bonds. The molecule has 138 valence electrons. The van der Waals surface area contributed by atoms with E-state index in [0.717, 1.165) is 5.56 Å². The number of methoxy groups -OCH3 is 2. The molecule has 0 aliphatic carbocycles. The van der Waals surface area contributed by atoms with E-state index in [1.807, 2.05) is 30.3 Å². The predicted octanol–water partition coefficient (Wildman–Crippen LogP) is 2.91. The number of esters is 1. The molecule has 6 heteroatoms. The van der Waals surface area contributed by atoms with Crippen molar-refractivity contribution in [2.24, 2.45) is 0 Å². The van der Waals surface area contributed by atoms with Gasteiger partial charge in [0.25, 0.3) is 5.91 Å². The first kappa shape index (κ1) is 19.3. The molecule has 0 saturated heterocycles. The van der Waals surface area contributed by atoms with Gasteiger partial charge in [0.2, 0.25) is 0 Å². The molecule has 0 aromatic heterocycles. The van der Waals surface area contributed by atoms with Crippen LogP contribution in [0, 0.1) is 0 Å². The summed E-state index contributed by atoms with van der Waals surface area (Å²) in [6.07, 6.45) is -0.707. The van der Waals surface area contributed by atoms with E-state index in [0.29, 0.717) is 23.6 Å². The molecular weight excluding hydrogens is 334 g/mol. The van der Waals surface area contributed by atoms with Gasteiger partial charge in [-0.1, -0.05) is 30.3 Å². The SMILES string of the molecule is COC(=O)c1ccc(O[C@@H](C)C(=O)N(C)Cc2ccccc2)c(OC)c1. The van der Waals surface area contributed by atoms with Gasteiger partial charge < -0.3 is 19.1 Å². The first-order valence-electron chi connectivity index (χ1n) is 8.18. The minimum absolute atomic E-state index is 0.159. The van der Waals surface area contributed by atoms with Crippen molar-refractivity contribution >= 4 is 11.9 Å². The van der Waals surface area contributed by atoms with Crippen LogP contribution >= 0.6 is 0 Å². The fraction of sp³-hybridized carbons (Fsp3) is 0.300. The molecule has 0 aliphatic rings. The average molecular weight is 357 g/mol. The maximum atomic E-state index is 12.6. The van der Waals surface area contributed by atoms with Crippen LogP contribution < -0.4 is 9.47 Å². The van der Waals surface area contributed by atoms with Gasteiger partial charge in [-0.15, -0.1) is 0 Å². The van der Waals surface area contributed by atoms with Crippen LogP contribution in [-0.4, -0.2) is 44.1 Å². The third kappa shape index (κ3) is 4.75. The van der Waals surface area contributed by atoms with Crippen LogP contribution in [-0.2, 0) is 16.1 Å². The van der Waals surface area contributed by atoms with Crippen molar-refractivity contribution < 1.29 is 23.8 Å². The summed E-state index contributed by atoms with van der Waals surface area (Å²) in [7, 11) is 4.51. The molecule has 6 nitrogen and oxygen atoms in total. The molecule has 0 saturated carbocycles. The van der Waals surface area contributed by atoms with E-state index >= 15 is 0 Å². The lowest BCUT2D eigenvalue weighted by atomic mass is 10.2. The summed E-state index contributed by atoms with van der Waals surface area (Å²) < 4.78 is 15.7. The molecule has 0 heterocycles. The zero-order chi connectivity index (χ0) is 19.1. The number of nitrogens with zero attached hydrogens (tertiary/aromatic N) is 1. The summed E-state index contributed by atoms with van der Waals surface area (Å²) >= 11 is 0. The van der Waals surface area contributed by atoms with Crippen LogP contribution in [0.4, 0.5) is 0 Å². The van der Waals surface area contributed by atoms with E-state index in [-0.39, 0.29) is 5.91 Å². The van der Waals surface area contributed by atoms with Crippen molar-refractivity contribution in [3.05, 3.63) is 59.7 Å². The second kappa shape index (κ2) is 8.89. The Balaban J connectivity index is 2.07. The molecule has 0 bridgehead atoms. The zero-order valence-electron chi connectivity index (χ0n) is 15.4. The van der Waals surface area contributed by atoms with Gasteiger partial charge in [0, 0.05) is 13.6 Å². The van der Waals surface area contributed by atoms with E-state index < -0.39 is 12.1 Å². The summed E-state index contributed by atoms with van der Waals surface area (Å²) in [6.45, 7) is 2.17. The van der Waals surface area contributed by atoms with E-state index in [9.17, 15) is 9.59 Å². The highest BCUT2D eigenvalue weighted by Crippen LogP contribution is 2.29. The van der Waals surface area contributed by atoms with Gasteiger partial charge in [-0.05, 0) is 30.7 Å². The summed E-state index contributed by atoms with van der Waals surface area (Å²) in [5.74, 6) is 0.113. The fourth-order valence-corrected chi connectivity index (χ4v) is 2.50. The number of hydrogen-bond acceptors (Lipinski definition) is 5. The first-order valence-corrected chi connectivity index (χ1v) is 8.18. The van der Waals surface area contributed by atoms with Gasteiger partial charge in [-0.2, -0.15) is 0 Å². The molecular formula is C20H23NO5. The average Bonchev–Trinajstić information content (AvgIpc) is 2.67. The highest BCUT2D eigenvalue weighted by Gasteiger charge is 2.21. The van der Waals surface area contributed by atoms with Crippen molar-refractivity contribution in [3.63, 3.8) is 0 Å². The van der Waals surface area contributed by atoms with Crippen molar-refractivity contribution in [3.8, 4) is 11.5 Å². The van der Waals surface area contributed by atoms with Gasteiger partial charge in [-0.25, -0.2) is 4.79 Å². The Morgan fingerprint density at radius 2 is 1.73 bits per heavy atom. The molecule has 0 spiro atoms. The summed E-state index contributed by atoms with van der Waals surface area (Å²) in [5.41, 5.74) is 1.38. The topological polar surface area (TPSA) is 65.1 Å². The van der Waals surface area contributed by atoms with Crippen molar-refractivity contribution in [2.45, 2.75) is 19.6 Å². The maximum Gasteiger partial charge on any atom is 0.337 e. The second-order valence-corrected chi connectivity index (χ2v) is 5.80. The maximum absolute atomic E-state index is 12.6. The number of benzene rings is 2. The number of hydrogen-bond donors (Lipinski definition) is 0. The van der Waals surface area contributed by atoms with Crippen LogP contribution in [0.1, 0.15) is 22.8 Å². The molecule has 26 heavy (non-hydrogen) atoms. The van der Waals surface area contributed by atoms with Gasteiger partial charge in [0.05, 0.1) is 19.8 Å². The van der Waals surface area contributed by atoms with Crippen LogP contribution in [0.2, 0.25) is 0 Å². The molecule has 0 radical (unpaired) electrons. The van der Waals surface area contributed by atoms with E-state index in [2.05, 4.69) is 4.74 Å².